The van der Waals surface area contributed by atoms with E-state index in [9.17, 15) is 13.2 Å². The fraction of sp³-hybridized carbons (Fsp3) is 0.381. The lowest BCUT2D eigenvalue weighted by molar-refractivity contribution is -0.119. The van der Waals surface area contributed by atoms with Crippen LogP contribution in [0, 0.1) is 5.92 Å². The summed E-state index contributed by atoms with van der Waals surface area (Å²) in [7, 11) is -2.93. The third kappa shape index (κ3) is 5.02. The van der Waals surface area contributed by atoms with Crippen LogP contribution in [0.1, 0.15) is 30.8 Å². The van der Waals surface area contributed by atoms with E-state index in [1.807, 2.05) is 31.2 Å². The Labute approximate surface area is 179 Å². The molecular weight excluding hydrogens is 422 g/mol. The van der Waals surface area contributed by atoms with Crippen LogP contribution in [0.3, 0.4) is 0 Å². The summed E-state index contributed by atoms with van der Waals surface area (Å²) in [5.74, 6) is 0.882. The molecule has 1 aliphatic heterocycles. The average molecular weight is 446 g/mol. The van der Waals surface area contributed by atoms with Gasteiger partial charge in [0.1, 0.15) is 0 Å². The van der Waals surface area contributed by atoms with Gasteiger partial charge in [-0.05, 0) is 35.6 Å². The fourth-order valence-electron chi connectivity index (χ4n) is 3.78. The molecule has 0 bridgehead atoms. The van der Waals surface area contributed by atoms with Gasteiger partial charge in [-0.1, -0.05) is 54.2 Å². The normalized spacial score (nSPS) is 19.0. The predicted molar refractivity (Wildman–Crippen MR) is 116 cm³/mol. The molecule has 9 heteroatoms. The van der Waals surface area contributed by atoms with Crippen LogP contribution in [0.15, 0.2) is 52.1 Å². The Bertz CT molecular complexity index is 1150. The highest BCUT2D eigenvalue weighted by atomic mass is 32.2. The molecule has 2 aromatic carbocycles. The van der Waals surface area contributed by atoms with Gasteiger partial charge in [-0.15, -0.1) is 10.2 Å². The van der Waals surface area contributed by atoms with Gasteiger partial charge in [0.25, 0.3) is 5.22 Å². The summed E-state index contributed by atoms with van der Waals surface area (Å²) in [6.45, 7) is 1.96. The third-order valence-electron chi connectivity index (χ3n) is 5.23. The van der Waals surface area contributed by atoms with E-state index in [4.69, 9.17) is 4.42 Å². The first kappa shape index (κ1) is 20.9. The molecule has 2 atom stereocenters. The summed E-state index contributed by atoms with van der Waals surface area (Å²) >= 11 is 1.18. The van der Waals surface area contributed by atoms with Crippen molar-refractivity contribution in [1.82, 2.24) is 15.5 Å². The van der Waals surface area contributed by atoms with Crippen LogP contribution in [-0.2, 0) is 21.1 Å². The molecule has 0 spiro atoms. The van der Waals surface area contributed by atoms with Crippen LogP contribution >= 0.6 is 11.8 Å². The number of fused-ring (bicyclic) bond motifs is 1. The van der Waals surface area contributed by atoms with E-state index in [1.165, 1.54) is 11.8 Å². The summed E-state index contributed by atoms with van der Waals surface area (Å²) < 4.78 is 28.7. The molecule has 7 nitrogen and oxygen atoms in total. The van der Waals surface area contributed by atoms with Gasteiger partial charge in [-0.25, -0.2) is 8.42 Å². The Morgan fingerprint density at radius 1 is 1.23 bits per heavy atom. The van der Waals surface area contributed by atoms with Gasteiger partial charge in [-0.2, -0.15) is 0 Å². The monoisotopic (exact) mass is 445 g/mol. The van der Waals surface area contributed by atoms with Crippen molar-refractivity contribution in [3.63, 3.8) is 0 Å². The maximum atomic E-state index is 12.4. The van der Waals surface area contributed by atoms with E-state index < -0.39 is 9.84 Å². The summed E-state index contributed by atoms with van der Waals surface area (Å²) in [5.41, 5.74) is 1.07. The first-order valence-electron chi connectivity index (χ1n) is 9.82. The molecule has 0 radical (unpaired) electrons. The minimum absolute atomic E-state index is 0.0261. The second-order valence-electron chi connectivity index (χ2n) is 7.58. The number of carbonyl (C=O) groups excluding carboxylic acids is 1. The highest BCUT2D eigenvalue weighted by Crippen LogP contribution is 2.25. The zero-order chi connectivity index (χ0) is 21.1. The van der Waals surface area contributed by atoms with Crippen molar-refractivity contribution >= 4 is 38.3 Å². The topological polar surface area (TPSA) is 102 Å². The SMILES string of the molecule is C[C@@H](NC(=O)CSc1nnc(C[C@H]2CCS(=O)(=O)C2)o1)c1cccc2ccccc12. The van der Waals surface area contributed by atoms with E-state index in [0.29, 0.717) is 24.0 Å². The van der Waals surface area contributed by atoms with Crippen molar-refractivity contribution in [3.8, 4) is 0 Å². The number of nitrogens with zero attached hydrogens (tertiary/aromatic N) is 2. The Balaban J connectivity index is 1.30. The van der Waals surface area contributed by atoms with E-state index in [-0.39, 0.29) is 35.1 Å². The molecule has 1 fully saturated rings. The lowest BCUT2D eigenvalue weighted by Gasteiger charge is -2.16. The van der Waals surface area contributed by atoms with Crippen molar-refractivity contribution < 1.29 is 17.6 Å². The van der Waals surface area contributed by atoms with E-state index in [1.54, 1.807) is 0 Å². The molecule has 0 unspecified atom stereocenters. The lowest BCUT2D eigenvalue weighted by Crippen LogP contribution is -2.28. The van der Waals surface area contributed by atoms with Crippen LogP contribution in [0.5, 0.6) is 0 Å². The second-order valence-corrected chi connectivity index (χ2v) is 10.7. The number of sulfone groups is 1. The number of carbonyl (C=O) groups is 1. The van der Waals surface area contributed by atoms with Gasteiger partial charge >= 0.3 is 0 Å². The molecular formula is C21H23N3O4S2. The van der Waals surface area contributed by atoms with Gasteiger partial charge in [0.15, 0.2) is 9.84 Å². The number of thioether (sulfide) groups is 1. The maximum Gasteiger partial charge on any atom is 0.277 e. The van der Waals surface area contributed by atoms with Gasteiger partial charge in [0.2, 0.25) is 11.8 Å². The molecule has 0 aliphatic carbocycles. The van der Waals surface area contributed by atoms with Crippen molar-refractivity contribution in [2.75, 3.05) is 17.3 Å². The Kier molecular flexibility index (Phi) is 6.10. The smallest absolute Gasteiger partial charge is 0.277 e. The van der Waals surface area contributed by atoms with Crippen molar-refractivity contribution in [2.45, 2.75) is 31.0 Å². The number of amides is 1. The van der Waals surface area contributed by atoms with Gasteiger partial charge in [0, 0.05) is 6.42 Å². The standard InChI is InChI=1S/C21H23N3O4S2/c1-14(17-8-4-6-16-5-2-3-7-18(16)17)22-19(25)12-29-21-24-23-20(28-21)11-15-9-10-30(26,27)13-15/h2-8,14-15H,9-13H2,1H3,(H,22,25)/t14-,15-/m1/s1. The highest BCUT2D eigenvalue weighted by molar-refractivity contribution is 7.99. The first-order chi connectivity index (χ1) is 14.4. The number of benzene rings is 2. The Morgan fingerprint density at radius 3 is 2.83 bits per heavy atom. The number of hydrogen-bond acceptors (Lipinski definition) is 7. The number of rotatable bonds is 7. The highest BCUT2D eigenvalue weighted by Gasteiger charge is 2.29. The molecule has 1 N–H and O–H groups in total. The summed E-state index contributed by atoms with van der Waals surface area (Å²) in [4.78, 5) is 12.4. The zero-order valence-corrected chi connectivity index (χ0v) is 18.2. The maximum absolute atomic E-state index is 12.4. The van der Waals surface area contributed by atoms with Gasteiger partial charge in [-0.3, -0.25) is 4.79 Å². The molecule has 158 valence electrons. The van der Waals surface area contributed by atoms with Crippen LogP contribution in [0.2, 0.25) is 0 Å². The van der Waals surface area contributed by atoms with E-state index in [0.717, 1.165) is 16.3 Å². The minimum Gasteiger partial charge on any atom is -0.416 e. The molecule has 1 saturated heterocycles. The van der Waals surface area contributed by atoms with Crippen molar-refractivity contribution in [3.05, 3.63) is 53.9 Å². The van der Waals surface area contributed by atoms with Crippen molar-refractivity contribution in [1.29, 1.82) is 0 Å². The zero-order valence-electron chi connectivity index (χ0n) is 16.6. The molecule has 1 aliphatic rings. The first-order valence-corrected chi connectivity index (χ1v) is 12.6. The third-order valence-corrected chi connectivity index (χ3v) is 7.89. The van der Waals surface area contributed by atoms with Crippen LogP contribution in [-0.4, -0.2) is 41.8 Å². The van der Waals surface area contributed by atoms with E-state index >= 15 is 0 Å². The summed E-state index contributed by atoms with van der Waals surface area (Å²) in [6.07, 6.45) is 1.08. The molecule has 4 rings (SSSR count). The quantitative estimate of drug-likeness (QED) is 0.557. The van der Waals surface area contributed by atoms with Gasteiger partial charge < -0.3 is 9.73 Å². The average Bonchev–Trinajstić information content (AvgIpc) is 3.31. The lowest BCUT2D eigenvalue weighted by atomic mass is 10.00. The van der Waals surface area contributed by atoms with Crippen LogP contribution in [0.4, 0.5) is 0 Å². The minimum atomic E-state index is -2.93. The molecule has 0 saturated carbocycles. The molecule has 1 amide bonds. The Hall–Kier alpha value is -2.39. The van der Waals surface area contributed by atoms with Crippen LogP contribution < -0.4 is 5.32 Å². The van der Waals surface area contributed by atoms with Crippen molar-refractivity contribution in [2.24, 2.45) is 5.92 Å². The summed E-state index contributed by atoms with van der Waals surface area (Å²) in [5, 5.41) is 13.5. The Morgan fingerprint density at radius 2 is 2.03 bits per heavy atom. The molecule has 1 aromatic heterocycles. The molecule has 3 aromatic rings. The number of hydrogen-bond donors (Lipinski definition) is 1. The van der Waals surface area contributed by atoms with E-state index in [2.05, 4.69) is 33.7 Å². The number of aromatic nitrogens is 2. The molecule has 30 heavy (non-hydrogen) atoms. The van der Waals surface area contributed by atoms with Gasteiger partial charge in [0.05, 0.1) is 23.3 Å². The predicted octanol–water partition coefficient (Wildman–Crippen LogP) is 3.17. The molecule has 2 heterocycles. The second kappa shape index (κ2) is 8.77. The largest absolute Gasteiger partial charge is 0.416 e. The summed E-state index contributed by atoms with van der Waals surface area (Å²) in [6, 6.07) is 14.0. The van der Waals surface area contributed by atoms with Crippen LogP contribution in [0.25, 0.3) is 10.8 Å². The fourth-order valence-corrected chi connectivity index (χ4v) is 6.23. The number of nitrogens with one attached hydrogen (secondary N) is 1.